The van der Waals surface area contributed by atoms with Gasteiger partial charge in [0.15, 0.2) is 0 Å². The van der Waals surface area contributed by atoms with Gasteiger partial charge in [-0.2, -0.15) is 12.6 Å². The van der Waals surface area contributed by atoms with Crippen LogP contribution in [0.3, 0.4) is 0 Å². The molecule has 0 spiro atoms. The first-order valence-electron chi connectivity index (χ1n) is 3.26. The summed E-state index contributed by atoms with van der Waals surface area (Å²) in [5.74, 6) is 1.01. The molecule has 0 aliphatic heterocycles. The molecule has 0 radical (unpaired) electrons. The standard InChI is InChI=1S/C3H8S.C3H10Si/c1-2-3-4;1-4(2)3/h4H,2-3H2,1H3;4H,1-3H3. The van der Waals surface area contributed by atoms with Gasteiger partial charge < -0.3 is 0 Å². The minimum Gasteiger partial charge on any atom is -0.179 e. The van der Waals surface area contributed by atoms with Crippen LogP contribution in [0.1, 0.15) is 13.3 Å². The maximum atomic E-state index is 3.92. The Morgan fingerprint density at radius 1 is 1.25 bits per heavy atom. The molecule has 0 heterocycles. The zero-order valence-corrected chi connectivity index (χ0v) is 8.49. The molecule has 0 unspecified atom stereocenters. The van der Waals surface area contributed by atoms with Gasteiger partial charge in [-0.25, -0.2) is 0 Å². The average molecular weight is 150 g/mol. The van der Waals surface area contributed by atoms with Crippen LogP contribution in [-0.2, 0) is 0 Å². The fourth-order valence-corrected chi connectivity index (χ4v) is 0. The summed E-state index contributed by atoms with van der Waals surface area (Å²) in [7, 11) is -0.139. The number of rotatable bonds is 1. The van der Waals surface area contributed by atoms with Crippen molar-refractivity contribution in [1.29, 1.82) is 0 Å². The first-order valence-corrected chi connectivity index (χ1v) is 7.35. The van der Waals surface area contributed by atoms with Gasteiger partial charge in [-0.05, 0) is 12.2 Å². The van der Waals surface area contributed by atoms with Crippen LogP contribution < -0.4 is 0 Å². The molecule has 0 saturated heterocycles. The van der Waals surface area contributed by atoms with Crippen LogP contribution in [0.5, 0.6) is 0 Å². The van der Waals surface area contributed by atoms with Crippen LogP contribution in [0, 0.1) is 0 Å². The van der Waals surface area contributed by atoms with Crippen LogP contribution in [0.4, 0.5) is 0 Å². The van der Waals surface area contributed by atoms with Crippen molar-refractivity contribution in [2.75, 3.05) is 5.75 Å². The Morgan fingerprint density at radius 2 is 1.38 bits per heavy atom. The van der Waals surface area contributed by atoms with Crippen LogP contribution in [0.15, 0.2) is 0 Å². The highest BCUT2D eigenvalue weighted by atomic mass is 32.1. The Bertz CT molecular complexity index is 25.0. The average Bonchev–Trinajstić information content (AvgIpc) is 1.65. The van der Waals surface area contributed by atoms with Crippen molar-refractivity contribution in [2.45, 2.75) is 33.0 Å². The Labute approximate surface area is 60.7 Å². The summed E-state index contributed by atoms with van der Waals surface area (Å²) in [5, 5.41) is 0. The van der Waals surface area contributed by atoms with Crippen molar-refractivity contribution in [1.82, 2.24) is 0 Å². The van der Waals surface area contributed by atoms with E-state index in [1.165, 1.54) is 6.42 Å². The SMILES string of the molecule is CCCS.C[SiH](C)C. The molecule has 0 N–H and O–H groups in total. The second-order valence-electron chi connectivity index (χ2n) is 2.46. The Hall–Kier alpha value is 0.567. The van der Waals surface area contributed by atoms with Gasteiger partial charge >= 0.3 is 0 Å². The molecule has 52 valence electrons. The maximum Gasteiger partial charge on any atom is 0.0274 e. The van der Waals surface area contributed by atoms with Gasteiger partial charge in [0.1, 0.15) is 0 Å². The van der Waals surface area contributed by atoms with Gasteiger partial charge in [0.2, 0.25) is 0 Å². The summed E-state index contributed by atoms with van der Waals surface area (Å²) in [6, 6.07) is 0. The fourth-order valence-electron chi connectivity index (χ4n) is 0. The Kier molecular flexibility index (Phi) is 15.0. The van der Waals surface area contributed by atoms with E-state index in [4.69, 9.17) is 0 Å². The molecule has 2 heteroatoms. The summed E-state index contributed by atoms with van der Waals surface area (Å²) < 4.78 is 0. The summed E-state index contributed by atoms with van der Waals surface area (Å²) in [6.45, 7) is 9.02. The molecule has 0 aliphatic carbocycles. The van der Waals surface area contributed by atoms with Crippen molar-refractivity contribution in [3.63, 3.8) is 0 Å². The largest absolute Gasteiger partial charge is 0.179 e. The van der Waals surface area contributed by atoms with Crippen molar-refractivity contribution in [3.05, 3.63) is 0 Å². The van der Waals surface area contributed by atoms with E-state index >= 15 is 0 Å². The molecule has 0 nitrogen and oxygen atoms in total. The maximum absolute atomic E-state index is 3.92. The van der Waals surface area contributed by atoms with Crippen LogP contribution in [0.25, 0.3) is 0 Å². The third-order valence-corrected chi connectivity index (χ3v) is 0.671. The summed E-state index contributed by atoms with van der Waals surface area (Å²) in [4.78, 5) is 0. The number of thiol groups is 1. The van der Waals surface area contributed by atoms with E-state index < -0.39 is 0 Å². The molecule has 0 bridgehead atoms. The van der Waals surface area contributed by atoms with Gasteiger partial charge in [-0.15, -0.1) is 0 Å². The topological polar surface area (TPSA) is 0 Å². The van der Waals surface area contributed by atoms with E-state index in [9.17, 15) is 0 Å². The lowest BCUT2D eigenvalue weighted by molar-refractivity contribution is 1.11. The molecule has 0 aliphatic rings. The van der Waals surface area contributed by atoms with Crippen molar-refractivity contribution >= 4 is 21.4 Å². The monoisotopic (exact) mass is 150 g/mol. The van der Waals surface area contributed by atoms with Gasteiger partial charge in [0.25, 0.3) is 0 Å². The van der Waals surface area contributed by atoms with Crippen LogP contribution in [-0.4, -0.2) is 14.5 Å². The predicted molar refractivity (Wildman–Crippen MR) is 48.9 cm³/mol. The molecule has 8 heavy (non-hydrogen) atoms. The highest BCUT2D eigenvalue weighted by Gasteiger charge is 1.71. The summed E-state index contributed by atoms with van der Waals surface area (Å²) in [5.41, 5.74) is 0. The Balaban J connectivity index is 0. The second kappa shape index (κ2) is 10.5. The number of hydrogen-bond acceptors (Lipinski definition) is 1. The smallest absolute Gasteiger partial charge is 0.0274 e. The first kappa shape index (κ1) is 11.4. The molecule has 0 aromatic heterocycles. The molecular formula is C6H18SSi. The van der Waals surface area contributed by atoms with E-state index in [0.717, 1.165) is 5.75 Å². The summed E-state index contributed by atoms with van der Waals surface area (Å²) in [6.07, 6.45) is 1.18. The lowest BCUT2D eigenvalue weighted by Crippen LogP contribution is -1.84. The molecule has 0 fully saturated rings. The molecule has 0 atom stereocenters. The van der Waals surface area contributed by atoms with E-state index in [1.54, 1.807) is 0 Å². The molecule has 0 aromatic carbocycles. The molecular weight excluding hydrogens is 132 g/mol. The minimum absolute atomic E-state index is 0.139. The molecule has 0 aromatic rings. The zero-order chi connectivity index (χ0) is 6.99. The molecule has 0 amide bonds. The summed E-state index contributed by atoms with van der Waals surface area (Å²) >= 11 is 3.92. The highest BCUT2D eigenvalue weighted by molar-refractivity contribution is 7.80. The normalized spacial score (nSPS) is 8.25. The highest BCUT2D eigenvalue weighted by Crippen LogP contribution is 1.74. The Morgan fingerprint density at radius 3 is 1.38 bits per heavy atom. The van der Waals surface area contributed by atoms with E-state index in [2.05, 4.69) is 39.2 Å². The minimum atomic E-state index is -0.139. The zero-order valence-electron chi connectivity index (χ0n) is 6.44. The van der Waals surface area contributed by atoms with Crippen LogP contribution >= 0.6 is 12.6 Å². The predicted octanol–water partition coefficient (Wildman–Crippen LogP) is 2.43. The third kappa shape index (κ3) is 82.9. The number of hydrogen-bond donors (Lipinski definition) is 1. The van der Waals surface area contributed by atoms with Gasteiger partial charge in [-0.1, -0.05) is 26.6 Å². The lowest BCUT2D eigenvalue weighted by atomic mass is 10.6. The van der Waals surface area contributed by atoms with Crippen molar-refractivity contribution < 1.29 is 0 Å². The van der Waals surface area contributed by atoms with Crippen molar-refractivity contribution in [2.24, 2.45) is 0 Å². The van der Waals surface area contributed by atoms with E-state index in [0.29, 0.717) is 0 Å². The van der Waals surface area contributed by atoms with Crippen LogP contribution in [0.2, 0.25) is 19.6 Å². The van der Waals surface area contributed by atoms with E-state index in [1.807, 2.05) is 0 Å². The third-order valence-electron chi connectivity index (χ3n) is 0.224. The lowest BCUT2D eigenvalue weighted by Gasteiger charge is -1.75. The van der Waals surface area contributed by atoms with Gasteiger partial charge in [0, 0.05) is 8.80 Å². The fraction of sp³-hybridized carbons (Fsp3) is 1.00. The van der Waals surface area contributed by atoms with E-state index in [-0.39, 0.29) is 8.80 Å². The van der Waals surface area contributed by atoms with Gasteiger partial charge in [-0.3, -0.25) is 0 Å². The molecule has 0 saturated carbocycles. The first-order chi connectivity index (χ1) is 3.65. The van der Waals surface area contributed by atoms with Gasteiger partial charge in [0.05, 0.1) is 0 Å². The second-order valence-corrected chi connectivity index (χ2v) is 6.37. The van der Waals surface area contributed by atoms with Crippen molar-refractivity contribution in [3.8, 4) is 0 Å². The molecule has 0 rings (SSSR count). The quantitative estimate of drug-likeness (QED) is 0.431.